The summed E-state index contributed by atoms with van der Waals surface area (Å²) in [4.78, 5) is 36.7. The van der Waals surface area contributed by atoms with Gasteiger partial charge in [0, 0.05) is 24.4 Å². The maximum Gasteiger partial charge on any atom is 0.425 e. The third-order valence-electron chi connectivity index (χ3n) is 5.93. The Hall–Kier alpha value is -4.27. The number of benzene rings is 1. The van der Waals surface area contributed by atoms with E-state index in [2.05, 4.69) is 20.1 Å². The van der Waals surface area contributed by atoms with Gasteiger partial charge in [-0.05, 0) is 32.9 Å². The summed E-state index contributed by atoms with van der Waals surface area (Å²) in [5.74, 6) is -1.68. The van der Waals surface area contributed by atoms with Crippen molar-refractivity contribution in [3.8, 4) is 17.1 Å². The van der Waals surface area contributed by atoms with Crippen LogP contribution >= 0.6 is 0 Å². The molecule has 0 aliphatic rings. The lowest BCUT2D eigenvalue weighted by molar-refractivity contribution is -0.140. The molecule has 0 fully saturated rings. The van der Waals surface area contributed by atoms with Crippen molar-refractivity contribution in [3.63, 3.8) is 0 Å². The molecule has 2 N–H and O–H groups in total. The first-order valence-electron chi connectivity index (χ1n) is 11.8. The average Bonchev–Trinajstić information content (AvgIpc) is 2.84. The van der Waals surface area contributed by atoms with Gasteiger partial charge in [-0.25, -0.2) is 28.8 Å². The van der Waals surface area contributed by atoms with Crippen molar-refractivity contribution >= 4 is 10.9 Å². The van der Waals surface area contributed by atoms with Crippen LogP contribution in [0.25, 0.3) is 22.3 Å². The van der Waals surface area contributed by atoms with E-state index in [-0.39, 0.29) is 22.3 Å². The van der Waals surface area contributed by atoms with Crippen LogP contribution in [0.15, 0.2) is 46.6 Å². The lowest BCUT2D eigenvalue weighted by atomic mass is 10.0. The largest absolute Gasteiger partial charge is 0.488 e. The van der Waals surface area contributed by atoms with Crippen molar-refractivity contribution in [2.45, 2.75) is 57.8 Å². The number of aromatic amines is 1. The van der Waals surface area contributed by atoms with Gasteiger partial charge < -0.3 is 9.84 Å². The fraction of sp³-hybridized carbons (Fsp3) is 0.360. The maximum atomic E-state index is 14.9. The molecule has 2 atom stereocenters. The summed E-state index contributed by atoms with van der Waals surface area (Å²) >= 11 is 0. The standard InChI is InChI=1S/C25H23F5N6O4/c1-12(40-19-9-34-35-22(37)20(19)25(28,29)30)4-14(26)10-36-11-33-18-6-15(17(27)5-16(18)23(36)38)21-31-7-13(8-32-21)24(2,3)39/h5-9,11-12,14,39H,4,10H2,1-3H3,(H,35,37)/t12-,14-/m1/s1. The van der Waals surface area contributed by atoms with Gasteiger partial charge in [0.1, 0.15) is 12.0 Å². The van der Waals surface area contributed by atoms with Crippen LogP contribution in [0.5, 0.6) is 5.75 Å². The third kappa shape index (κ3) is 6.14. The number of H-pyrrole nitrogens is 1. The molecule has 0 saturated carbocycles. The number of ether oxygens (including phenoxy) is 1. The molecule has 40 heavy (non-hydrogen) atoms. The highest BCUT2D eigenvalue weighted by Gasteiger charge is 2.38. The molecule has 0 unspecified atom stereocenters. The monoisotopic (exact) mass is 566 g/mol. The second-order valence-corrected chi connectivity index (χ2v) is 9.60. The third-order valence-corrected chi connectivity index (χ3v) is 5.93. The number of halogens is 5. The number of aromatic nitrogens is 6. The van der Waals surface area contributed by atoms with Crippen molar-refractivity contribution in [1.29, 1.82) is 0 Å². The SMILES string of the molecule is C[C@H](C[C@@H](F)Cn1cnc2cc(-c3ncc(C(C)(C)O)cn3)c(F)cc2c1=O)Oc1cn[nH]c(=O)c1C(F)(F)F. The minimum Gasteiger partial charge on any atom is -0.488 e. The highest BCUT2D eigenvalue weighted by atomic mass is 19.4. The summed E-state index contributed by atoms with van der Waals surface area (Å²) in [5.41, 5.74) is -4.58. The minimum atomic E-state index is -5.02. The number of aliphatic hydroxyl groups is 1. The summed E-state index contributed by atoms with van der Waals surface area (Å²) in [6.07, 6.45) is -3.95. The summed E-state index contributed by atoms with van der Waals surface area (Å²) < 4.78 is 75.4. The first kappa shape index (κ1) is 28.7. The maximum absolute atomic E-state index is 14.9. The van der Waals surface area contributed by atoms with E-state index < -0.39 is 65.3 Å². The van der Waals surface area contributed by atoms with Gasteiger partial charge in [0.25, 0.3) is 11.1 Å². The Kier molecular flexibility index (Phi) is 7.70. The van der Waals surface area contributed by atoms with E-state index in [4.69, 9.17) is 4.74 Å². The fourth-order valence-corrected chi connectivity index (χ4v) is 3.92. The van der Waals surface area contributed by atoms with E-state index in [1.165, 1.54) is 25.4 Å². The summed E-state index contributed by atoms with van der Waals surface area (Å²) in [5, 5.41) is 14.9. The minimum absolute atomic E-state index is 0.000440. The van der Waals surface area contributed by atoms with Crippen molar-refractivity contribution in [2.24, 2.45) is 0 Å². The first-order chi connectivity index (χ1) is 18.6. The number of fused-ring (bicyclic) bond motifs is 1. The molecule has 0 aliphatic heterocycles. The molecule has 0 aliphatic carbocycles. The zero-order valence-corrected chi connectivity index (χ0v) is 21.3. The van der Waals surface area contributed by atoms with E-state index in [0.29, 0.717) is 11.8 Å². The van der Waals surface area contributed by atoms with Crippen LogP contribution in [-0.4, -0.2) is 47.1 Å². The van der Waals surface area contributed by atoms with Gasteiger partial charge in [-0.2, -0.15) is 18.3 Å². The van der Waals surface area contributed by atoms with Crippen LogP contribution in [0, 0.1) is 5.82 Å². The number of alkyl halides is 4. The molecule has 212 valence electrons. The van der Waals surface area contributed by atoms with Crippen LogP contribution in [0.1, 0.15) is 38.3 Å². The van der Waals surface area contributed by atoms with Crippen molar-refractivity contribution in [2.75, 3.05) is 0 Å². The molecule has 4 aromatic rings. The molecular weight excluding hydrogens is 543 g/mol. The van der Waals surface area contributed by atoms with Gasteiger partial charge in [-0.15, -0.1) is 0 Å². The van der Waals surface area contributed by atoms with Crippen LogP contribution in [-0.2, 0) is 18.3 Å². The number of nitrogens with one attached hydrogen (secondary N) is 1. The number of hydrogen-bond acceptors (Lipinski definition) is 8. The lowest BCUT2D eigenvalue weighted by Gasteiger charge is -2.19. The Morgan fingerprint density at radius 3 is 2.40 bits per heavy atom. The van der Waals surface area contributed by atoms with Crippen LogP contribution in [0.2, 0.25) is 0 Å². The molecule has 0 amide bonds. The quantitative estimate of drug-likeness (QED) is 0.310. The first-order valence-corrected chi connectivity index (χ1v) is 11.8. The molecule has 0 radical (unpaired) electrons. The molecule has 10 nitrogen and oxygen atoms in total. The van der Waals surface area contributed by atoms with E-state index in [0.717, 1.165) is 17.0 Å². The summed E-state index contributed by atoms with van der Waals surface area (Å²) in [6, 6.07) is 2.20. The Morgan fingerprint density at radius 2 is 1.77 bits per heavy atom. The zero-order valence-electron chi connectivity index (χ0n) is 21.3. The molecule has 3 aromatic heterocycles. The fourth-order valence-electron chi connectivity index (χ4n) is 3.92. The van der Waals surface area contributed by atoms with Crippen LogP contribution in [0.4, 0.5) is 22.0 Å². The normalized spacial score (nSPS) is 13.8. The van der Waals surface area contributed by atoms with E-state index in [1.807, 2.05) is 0 Å². The number of hydrogen-bond donors (Lipinski definition) is 2. The lowest BCUT2D eigenvalue weighted by Crippen LogP contribution is -2.29. The zero-order chi connectivity index (χ0) is 29.4. The molecule has 0 saturated heterocycles. The van der Waals surface area contributed by atoms with E-state index in [9.17, 15) is 36.6 Å². The van der Waals surface area contributed by atoms with Gasteiger partial charge in [-0.3, -0.25) is 14.2 Å². The van der Waals surface area contributed by atoms with E-state index >= 15 is 0 Å². The van der Waals surface area contributed by atoms with Crippen LogP contribution < -0.4 is 15.9 Å². The average molecular weight is 566 g/mol. The smallest absolute Gasteiger partial charge is 0.425 e. The van der Waals surface area contributed by atoms with Gasteiger partial charge in [-0.1, -0.05) is 0 Å². The predicted molar refractivity (Wildman–Crippen MR) is 132 cm³/mol. The molecule has 15 heteroatoms. The van der Waals surface area contributed by atoms with Crippen LogP contribution in [0.3, 0.4) is 0 Å². The topological polar surface area (TPSA) is 136 Å². The Balaban J connectivity index is 1.51. The second-order valence-electron chi connectivity index (χ2n) is 9.60. The Labute approximate surface area is 222 Å². The number of nitrogens with zero attached hydrogens (tertiary/aromatic N) is 5. The molecule has 0 bridgehead atoms. The summed E-state index contributed by atoms with van der Waals surface area (Å²) in [6.45, 7) is 3.83. The van der Waals surface area contributed by atoms with Crippen molar-refractivity contribution in [1.82, 2.24) is 29.7 Å². The number of rotatable bonds is 8. The van der Waals surface area contributed by atoms with Gasteiger partial charge in [0.05, 0.1) is 47.2 Å². The van der Waals surface area contributed by atoms with Crippen molar-refractivity contribution < 1.29 is 31.8 Å². The van der Waals surface area contributed by atoms with Gasteiger partial charge >= 0.3 is 6.18 Å². The van der Waals surface area contributed by atoms with Gasteiger partial charge in [0.2, 0.25) is 0 Å². The second kappa shape index (κ2) is 10.7. The predicted octanol–water partition coefficient (Wildman–Crippen LogP) is 3.52. The van der Waals surface area contributed by atoms with Gasteiger partial charge in [0.15, 0.2) is 17.1 Å². The Morgan fingerprint density at radius 1 is 1.10 bits per heavy atom. The van der Waals surface area contributed by atoms with E-state index in [1.54, 1.807) is 18.9 Å². The highest BCUT2D eigenvalue weighted by Crippen LogP contribution is 2.33. The summed E-state index contributed by atoms with van der Waals surface area (Å²) in [7, 11) is 0. The molecule has 1 aromatic carbocycles. The molecular formula is C25H23F5N6O4. The van der Waals surface area contributed by atoms with Crippen molar-refractivity contribution in [3.05, 3.63) is 74.7 Å². The molecule has 4 rings (SSSR count). The molecule has 3 heterocycles. The Bertz CT molecular complexity index is 1650. The molecule has 0 spiro atoms. The highest BCUT2D eigenvalue weighted by molar-refractivity contribution is 5.82.